The van der Waals surface area contributed by atoms with Crippen LogP contribution in [0.1, 0.15) is 32.3 Å². The lowest BCUT2D eigenvalue weighted by molar-refractivity contribution is 0.115. The predicted molar refractivity (Wildman–Crippen MR) is 69.6 cm³/mol. The van der Waals surface area contributed by atoms with Crippen LogP contribution in [-0.4, -0.2) is 6.61 Å². The van der Waals surface area contributed by atoms with Gasteiger partial charge in [0.1, 0.15) is 0 Å². The fourth-order valence-corrected chi connectivity index (χ4v) is 1.65. The number of anilines is 1. The van der Waals surface area contributed by atoms with Crippen LogP contribution in [0.2, 0.25) is 5.02 Å². The maximum absolute atomic E-state index is 5.82. The number of ether oxygens (including phenoxy) is 1. The van der Waals surface area contributed by atoms with Crippen LogP contribution < -0.4 is 5.73 Å². The Hall–Kier alpha value is -0.730. The molecule has 3 heteroatoms. The Kier molecular flexibility index (Phi) is 5.64. The fourth-order valence-electron chi connectivity index (χ4n) is 1.47. The molecule has 0 aliphatic rings. The molecule has 90 valence electrons. The van der Waals surface area contributed by atoms with Gasteiger partial charge in [-0.1, -0.05) is 31.5 Å². The van der Waals surface area contributed by atoms with E-state index in [9.17, 15) is 0 Å². The van der Waals surface area contributed by atoms with Gasteiger partial charge >= 0.3 is 0 Å². The molecule has 0 aliphatic carbocycles. The number of rotatable bonds is 6. The van der Waals surface area contributed by atoms with E-state index in [4.69, 9.17) is 22.1 Å². The van der Waals surface area contributed by atoms with Gasteiger partial charge in [-0.2, -0.15) is 0 Å². The minimum absolute atomic E-state index is 0.571. The SMILES string of the molecule is CC(C)CCCOCc1ccc(Cl)cc1N. The second-order valence-corrected chi connectivity index (χ2v) is 4.87. The van der Waals surface area contributed by atoms with Gasteiger partial charge in [0.2, 0.25) is 0 Å². The molecule has 0 aromatic heterocycles. The first-order valence-corrected chi connectivity index (χ1v) is 6.09. The highest BCUT2D eigenvalue weighted by Gasteiger charge is 2.00. The Morgan fingerprint density at radius 2 is 2.12 bits per heavy atom. The van der Waals surface area contributed by atoms with Crippen molar-refractivity contribution in [2.24, 2.45) is 5.92 Å². The van der Waals surface area contributed by atoms with Gasteiger partial charge in [0.05, 0.1) is 6.61 Å². The highest BCUT2D eigenvalue weighted by molar-refractivity contribution is 6.30. The molecule has 0 atom stereocenters. The molecule has 0 saturated carbocycles. The van der Waals surface area contributed by atoms with Crippen LogP contribution in [-0.2, 0) is 11.3 Å². The number of hydrogen-bond donors (Lipinski definition) is 1. The Balaban J connectivity index is 2.27. The number of hydrogen-bond acceptors (Lipinski definition) is 2. The van der Waals surface area contributed by atoms with Gasteiger partial charge in [-0.05, 0) is 30.9 Å². The van der Waals surface area contributed by atoms with Crippen LogP contribution in [0.3, 0.4) is 0 Å². The normalized spacial score (nSPS) is 11.0. The van der Waals surface area contributed by atoms with Crippen molar-refractivity contribution in [1.82, 2.24) is 0 Å². The molecule has 16 heavy (non-hydrogen) atoms. The largest absolute Gasteiger partial charge is 0.398 e. The summed E-state index contributed by atoms with van der Waals surface area (Å²) < 4.78 is 5.57. The number of benzene rings is 1. The van der Waals surface area contributed by atoms with E-state index in [1.807, 2.05) is 12.1 Å². The summed E-state index contributed by atoms with van der Waals surface area (Å²) in [6.07, 6.45) is 2.31. The van der Waals surface area contributed by atoms with E-state index >= 15 is 0 Å². The standard InChI is InChI=1S/C13H20ClNO/c1-10(2)4-3-7-16-9-11-5-6-12(14)8-13(11)15/h5-6,8,10H,3-4,7,9,15H2,1-2H3. The summed E-state index contributed by atoms with van der Waals surface area (Å²) in [5.41, 5.74) is 7.53. The number of nitrogens with two attached hydrogens (primary N) is 1. The van der Waals surface area contributed by atoms with E-state index in [2.05, 4.69) is 13.8 Å². The maximum atomic E-state index is 5.82. The minimum atomic E-state index is 0.571. The molecule has 0 amide bonds. The van der Waals surface area contributed by atoms with Crippen molar-refractivity contribution in [2.45, 2.75) is 33.3 Å². The summed E-state index contributed by atoms with van der Waals surface area (Å²) in [7, 11) is 0. The van der Waals surface area contributed by atoms with Crippen LogP contribution >= 0.6 is 11.6 Å². The summed E-state index contributed by atoms with van der Waals surface area (Å²) in [6, 6.07) is 5.51. The third kappa shape index (κ3) is 4.86. The van der Waals surface area contributed by atoms with Gasteiger partial charge in [-0.3, -0.25) is 0 Å². The molecule has 0 radical (unpaired) electrons. The molecular weight excluding hydrogens is 222 g/mol. The number of halogens is 1. The molecule has 0 unspecified atom stereocenters. The molecular formula is C13H20ClNO. The molecule has 0 bridgehead atoms. The van der Waals surface area contributed by atoms with Crippen LogP contribution in [0, 0.1) is 5.92 Å². The zero-order valence-corrected chi connectivity index (χ0v) is 10.8. The van der Waals surface area contributed by atoms with Crippen LogP contribution in [0.4, 0.5) is 5.69 Å². The Labute approximate surface area is 103 Å². The smallest absolute Gasteiger partial charge is 0.0736 e. The monoisotopic (exact) mass is 241 g/mol. The molecule has 0 heterocycles. The van der Waals surface area contributed by atoms with Crippen molar-refractivity contribution in [3.05, 3.63) is 28.8 Å². The first-order chi connectivity index (χ1) is 7.59. The van der Waals surface area contributed by atoms with Crippen molar-refractivity contribution < 1.29 is 4.74 Å². The van der Waals surface area contributed by atoms with Crippen LogP contribution in [0.25, 0.3) is 0 Å². The van der Waals surface area contributed by atoms with E-state index < -0.39 is 0 Å². The fraction of sp³-hybridized carbons (Fsp3) is 0.538. The van der Waals surface area contributed by atoms with Gasteiger partial charge in [-0.15, -0.1) is 0 Å². The summed E-state index contributed by atoms with van der Waals surface area (Å²) in [6.45, 7) is 5.80. The van der Waals surface area contributed by atoms with E-state index in [1.165, 1.54) is 6.42 Å². The lowest BCUT2D eigenvalue weighted by atomic mass is 10.1. The molecule has 0 aliphatic heterocycles. The van der Waals surface area contributed by atoms with E-state index in [0.29, 0.717) is 17.3 Å². The van der Waals surface area contributed by atoms with Gasteiger partial charge in [0.25, 0.3) is 0 Å². The first kappa shape index (κ1) is 13.3. The van der Waals surface area contributed by atoms with E-state index in [-0.39, 0.29) is 0 Å². The van der Waals surface area contributed by atoms with Gasteiger partial charge in [0, 0.05) is 22.9 Å². The van der Waals surface area contributed by atoms with Gasteiger partial charge < -0.3 is 10.5 Å². The highest BCUT2D eigenvalue weighted by atomic mass is 35.5. The van der Waals surface area contributed by atoms with Gasteiger partial charge in [-0.25, -0.2) is 0 Å². The zero-order valence-electron chi connectivity index (χ0n) is 10.0. The molecule has 0 fully saturated rings. The second kappa shape index (κ2) is 6.77. The van der Waals surface area contributed by atoms with Crippen molar-refractivity contribution in [3.8, 4) is 0 Å². The summed E-state index contributed by atoms with van der Waals surface area (Å²) in [5.74, 6) is 0.740. The second-order valence-electron chi connectivity index (χ2n) is 4.43. The van der Waals surface area contributed by atoms with Crippen molar-refractivity contribution in [1.29, 1.82) is 0 Å². The molecule has 1 aromatic carbocycles. The van der Waals surface area contributed by atoms with E-state index in [0.717, 1.165) is 24.5 Å². The third-order valence-electron chi connectivity index (χ3n) is 2.44. The van der Waals surface area contributed by atoms with Crippen LogP contribution in [0.5, 0.6) is 0 Å². The Bertz CT molecular complexity index is 326. The molecule has 0 saturated heterocycles. The lowest BCUT2D eigenvalue weighted by Gasteiger charge is -2.08. The van der Waals surface area contributed by atoms with E-state index in [1.54, 1.807) is 6.07 Å². The third-order valence-corrected chi connectivity index (χ3v) is 2.67. The first-order valence-electron chi connectivity index (χ1n) is 5.71. The molecule has 1 aromatic rings. The molecule has 0 spiro atoms. The molecule has 2 nitrogen and oxygen atoms in total. The molecule has 1 rings (SSSR count). The predicted octanol–water partition coefficient (Wildman–Crippen LogP) is 3.88. The summed E-state index contributed by atoms with van der Waals surface area (Å²) in [5, 5.41) is 0.668. The van der Waals surface area contributed by atoms with Crippen LogP contribution in [0.15, 0.2) is 18.2 Å². The lowest BCUT2D eigenvalue weighted by Crippen LogP contribution is -2.00. The van der Waals surface area contributed by atoms with Crippen molar-refractivity contribution in [3.63, 3.8) is 0 Å². The highest BCUT2D eigenvalue weighted by Crippen LogP contribution is 2.18. The Morgan fingerprint density at radius 1 is 1.38 bits per heavy atom. The molecule has 2 N–H and O–H groups in total. The quantitative estimate of drug-likeness (QED) is 0.606. The van der Waals surface area contributed by atoms with Crippen molar-refractivity contribution >= 4 is 17.3 Å². The van der Waals surface area contributed by atoms with Crippen molar-refractivity contribution in [2.75, 3.05) is 12.3 Å². The average molecular weight is 242 g/mol. The minimum Gasteiger partial charge on any atom is -0.398 e. The average Bonchev–Trinajstić information content (AvgIpc) is 2.20. The van der Waals surface area contributed by atoms with Gasteiger partial charge in [0.15, 0.2) is 0 Å². The Morgan fingerprint density at radius 3 is 2.75 bits per heavy atom. The number of nitrogen functional groups attached to an aromatic ring is 1. The summed E-state index contributed by atoms with van der Waals surface area (Å²) in [4.78, 5) is 0. The summed E-state index contributed by atoms with van der Waals surface area (Å²) >= 11 is 5.81. The topological polar surface area (TPSA) is 35.2 Å². The maximum Gasteiger partial charge on any atom is 0.0736 e. The zero-order chi connectivity index (χ0) is 12.0.